The normalized spacial score (nSPS) is 21.7. The van der Waals surface area contributed by atoms with Gasteiger partial charge in [0.15, 0.2) is 0 Å². The number of hydrogen-bond donors (Lipinski definition) is 5. The quantitative estimate of drug-likeness (QED) is 0.367. The summed E-state index contributed by atoms with van der Waals surface area (Å²) in [5.74, 6) is -2.37. The fourth-order valence-corrected chi connectivity index (χ4v) is 4.36. The molecule has 0 aliphatic carbocycles. The number of nitrogens with one attached hydrogen (secondary N) is 1. The number of rotatable bonds is 6. The van der Waals surface area contributed by atoms with Gasteiger partial charge >= 0.3 is 12.1 Å². The van der Waals surface area contributed by atoms with Crippen molar-refractivity contribution in [2.24, 2.45) is 11.5 Å². The topological polar surface area (TPSA) is 185 Å². The highest BCUT2D eigenvalue weighted by molar-refractivity contribution is 8.00. The molecule has 12 heteroatoms. The van der Waals surface area contributed by atoms with Crippen LogP contribution in [0.5, 0.6) is 5.75 Å². The Balaban J connectivity index is 1.71. The number of phenols is 1. The maximum absolute atomic E-state index is 12.5. The van der Waals surface area contributed by atoms with Crippen LogP contribution in [-0.2, 0) is 19.1 Å². The van der Waals surface area contributed by atoms with E-state index in [4.69, 9.17) is 11.5 Å². The van der Waals surface area contributed by atoms with Crippen molar-refractivity contribution < 1.29 is 34.1 Å². The van der Waals surface area contributed by atoms with Gasteiger partial charge in [-0.25, -0.2) is 9.59 Å². The highest BCUT2D eigenvalue weighted by atomic mass is 32.2. The number of benzene rings is 1. The Hall–Kier alpha value is -3.25. The van der Waals surface area contributed by atoms with E-state index in [1.807, 2.05) is 0 Å². The Bertz CT molecular complexity index is 902. The van der Waals surface area contributed by atoms with Crippen LogP contribution in [0.15, 0.2) is 35.5 Å². The summed E-state index contributed by atoms with van der Waals surface area (Å²) in [6.07, 6.45) is -1.06. The molecule has 11 nitrogen and oxygen atoms in total. The van der Waals surface area contributed by atoms with Gasteiger partial charge in [0, 0.05) is 11.3 Å². The van der Waals surface area contributed by atoms with E-state index < -0.39 is 41.3 Å². The first-order chi connectivity index (χ1) is 13.7. The van der Waals surface area contributed by atoms with Gasteiger partial charge in [-0.2, -0.15) is 0 Å². The number of aliphatic carboxylic acids is 1. The zero-order valence-electron chi connectivity index (χ0n) is 14.9. The van der Waals surface area contributed by atoms with E-state index in [0.717, 1.165) is 4.90 Å². The number of carbonyl (C=O) groups is 4. The summed E-state index contributed by atoms with van der Waals surface area (Å²) < 4.78 is 4.65. The molecule has 1 unspecified atom stereocenters. The SMILES string of the molecule is NC(=O)OCC1=C(C(=O)O)N2C(=O)C(NC(=O)[C@H](N)c3ccc(O)cc3)[C@H]2SC1. The molecule has 29 heavy (non-hydrogen) atoms. The van der Waals surface area contributed by atoms with Crippen LogP contribution < -0.4 is 16.8 Å². The Morgan fingerprint density at radius 2 is 1.97 bits per heavy atom. The zero-order chi connectivity index (χ0) is 21.3. The number of nitrogens with zero attached hydrogens (tertiary/aromatic N) is 1. The number of carboxylic acid groups (broad SMARTS) is 1. The molecule has 0 radical (unpaired) electrons. The van der Waals surface area contributed by atoms with Crippen molar-refractivity contribution in [3.63, 3.8) is 0 Å². The van der Waals surface area contributed by atoms with Crippen molar-refractivity contribution in [1.82, 2.24) is 10.2 Å². The van der Waals surface area contributed by atoms with E-state index in [1.54, 1.807) is 0 Å². The fourth-order valence-electron chi connectivity index (χ4n) is 3.03. The minimum absolute atomic E-state index is 0.0221. The number of aromatic hydroxyl groups is 1. The number of nitrogens with two attached hydrogens (primary N) is 2. The van der Waals surface area contributed by atoms with Gasteiger partial charge in [-0.05, 0) is 17.7 Å². The van der Waals surface area contributed by atoms with Crippen LogP contribution in [-0.4, -0.2) is 62.8 Å². The predicted octanol–water partition coefficient (Wildman–Crippen LogP) is -0.774. The molecule has 2 aliphatic rings. The molecule has 0 aromatic heterocycles. The zero-order valence-corrected chi connectivity index (χ0v) is 15.7. The van der Waals surface area contributed by atoms with E-state index in [2.05, 4.69) is 10.1 Å². The lowest BCUT2D eigenvalue weighted by atomic mass is 10.0. The van der Waals surface area contributed by atoms with Gasteiger partial charge in [-0.15, -0.1) is 11.8 Å². The van der Waals surface area contributed by atoms with Crippen LogP contribution in [0, 0.1) is 0 Å². The van der Waals surface area contributed by atoms with Crippen LogP contribution in [0.3, 0.4) is 0 Å². The monoisotopic (exact) mass is 422 g/mol. The Morgan fingerprint density at radius 3 is 2.55 bits per heavy atom. The second kappa shape index (κ2) is 8.01. The first kappa shape index (κ1) is 20.5. The molecule has 0 saturated carbocycles. The number of fused-ring (bicyclic) bond motifs is 1. The average molecular weight is 422 g/mol. The minimum Gasteiger partial charge on any atom is -0.508 e. The molecule has 3 rings (SSSR count). The highest BCUT2D eigenvalue weighted by Gasteiger charge is 2.54. The molecular weight excluding hydrogens is 404 g/mol. The number of amides is 3. The smallest absolute Gasteiger partial charge is 0.404 e. The number of ether oxygens (including phenoxy) is 1. The third-order valence-electron chi connectivity index (χ3n) is 4.47. The molecule has 154 valence electrons. The van der Waals surface area contributed by atoms with Crippen LogP contribution in [0.25, 0.3) is 0 Å². The second-order valence-electron chi connectivity index (χ2n) is 6.33. The van der Waals surface area contributed by atoms with Gasteiger partial charge < -0.3 is 31.7 Å². The summed E-state index contributed by atoms with van der Waals surface area (Å²) in [6, 6.07) is 3.73. The van der Waals surface area contributed by atoms with E-state index in [1.165, 1.54) is 36.0 Å². The van der Waals surface area contributed by atoms with Gasteiger partial charge in [0.05, 0.1) is 0 Å². The number of primary amides is 1. The Morgan fingerprint density at radius 1 is 1.31 bits per heavy atom. The van der Waals surface area contributed by atoms with Crippen molar-refractivity contribution in [1.29, 1.82) is 0 Å². The fraction of sp³-hybridized carbons (Fsp3) is 0.294. The molecule has 3 atom stereocenters. The Labute approximate surface area is 168 Å². The van der Waals surface area contributed by atoms with Gasteiger partial charge in [0.2, 0.25) is 5.91 Å². The van der Waals surface area contributed by atoms with Crippen molar-refractivity contribution in [3.8, 4) is 5.75 Å². The van der Waals surface area contributed by atoms with Crippen LogP contribution >= 0.6 is 11.8 Å². The van der Waals surface area contributed by atoms with E-state index in [-0.39, 0.29) is 29.4 Å². The number of hydrogen-bond acceptors (Lipinski definition) is 8. The van der Waals surface area contributed by atoms with Gasteiger partial charge in [-0.1, -0.05) is 12.1 Å². The molecule has 0 bridgehead atoms. The van der Waals surface area contributed by atoms with Crippen LogP contribution in [0.4, 0.5) is 4.79 Å². The van der Waals surface area contributed by atoms with E-state index >= 15 is 0 Å². The van der Waals surface area contributed by atoms with Gasteiger partial charge in [0.25, 0.3) is 5.91 Å². The summed E-state index contributed by atoms with van der Waals surface area (Å²) in [4.78, 5) is 48.4. The molecule has 2 aliphatic heterocycles. The summed E-state index contributed by atoms with van der Waals surface area (Å²) >= 11 is 1.22. The number of carboxylic acids is 1. The molecule has 1 aromatic carbocycles. The van der Waals surface area contributed by atoms with E-state index in [0.29, 0.717) is 5.56 Å². The molecule has 1 aromatic rings. The van der Waals surface area contributed by atoms with Crippen LogP contribution in [0.1, 0.15) is 11.6 Å². The number of thioether (sulfide) groups is 1. The molecule has 3 amide bonds. The van der Waals surface area contributed by atoms with Gasteiger partial charge in [0.1, 0.15) is 35.5 Å². The summed E-state index contributed by atoms with van der Waals surface area (Å²) in [6.45, 7) is -0.344. The first-order valence-corrected chi connectivity index (χ1v) is 9.42. The third-order valence-corrected chi connectivity index (χ3v) is 5.81. The number of β-lactam (4-membered cyclic amide) rings is 1. The second-order valence-corrected chi connectivity index (χ2v) is 7.44. The lowest BCUT2D eigenvalue weighted by Crippen LogP contribution is -2.71. The van der Waals surface area contributed by atoms with Crippen molar-refractivity contribution in [2.45, 2.75) is 17.5 Å². The molecule has 0 spiro atoms. The van der Waals surface area contributed by atoms with Crippen LogP contribution in [0.2, 0.25) is 0 Å². The van der Waals surface area contributed by atoms with Crippen molar-refractivity contribution in [3.05, 3.63) is 41.1 Å². The lowest BCUT2D eigenvalue weighted by Gasteiger charge is -2.49. The molecule has 1 saturated heterocycles. The van der Waals surface area contributed by atoms with Gasteiger partial charge in [-0.3, -0.25) is 14.5 Å². The predicted molar refractivity (Wildman–Crippen MR) is 100 cm³/mol. The first-order valence-electron chi connectivity index (χ1n) is 8.37. The van der Waals surface area contributed by atoms with E-state index in [9.17, 15) is 29.4 Å². The summed E-state index contributed by atoms with van der Waals surface area (Å²) in [5, 5.41) is 20.7. The maximum atomic E-state index is 12.5. The van der Waals surface area contributed by atoms with Crippen molar-refractivity contribution >= 4 is 35.6 Å². The Kier molecular flexibility index (Phi) is 5.66. The summed E-state index contributed by atoms with van der Waals surface area (Å²) in [7, 11) is 0. The number of phenolic OH excluding ortho intramolecular Hbond substituents is 1. The van der Waals surface area contributed by atoms with Crippen molar-refractivity contribution in [2.75, 3.05) is 12.4 Å². The molecular formula is C17H18N4O7S. The molecule has 7 N–H and O–H groups in total. The largest absolute Gasteiger partial charge is 0.508 e. The molecule has 1 fully saturated rings. The number of carbonyl (C=O) groups excluding carboxylic acids is 3. The highest BCUT2D eigenvalue weighted by Crippen LogP contribution is 2.40. The third kappa shape index (κ3) is 3.98. The lowest BCUT2D eigenvalue weighted by molar-refractivity contribution is -0.151. The standard InChI is InChI=1S/C17H18N4O7S/c18-10(7-1-3-9(22)4-2-7)13(23)20-11-14(24)21-12(16(25)26)8(5-28-17(19)27)6-29-15(11)21/h1-4,10-11,15,22H,5-6,18H2,(H2,19,27)(H,20,23)(H,25,26)/t10-,11?,15-/m1/s1. The summed E-state index contributed by atoms with van der Waals surface area (Å²) in [5.41, 5.74) is 11.2. The maximum Gasteiger partial charge on any atom is 0.404 e. The molecule has 2 heterocycles. The average Bonchev–Trinajstić information content (AvgIpc) is 2.69. The minimum atomic E-state index is -1.35.